The van der Waals surface area contributed by atoms with Crippen molar-refractivity contribution in [3.05, 3.63) is 102 Å². The molecule has 0 aliphatic carbocycles. The van der Waals surface area contributed by atoms with Crippen molar-refractivity contribution in [1.29, 1.82) is 0 Å². The van der Waals surface area contributed by atoms with Gasteiger partial charge in [-0.3, -0.25) is 14.2 Å². The molecule has 0 aliphatic rings. The summed E-state index contributed by atoms with van der Waals surface area (Å²) in [7, 11) is -3.74. The van der Waals surface area contributed by atoms with Gasteiger partial charge in [0.05, 0.1) is 16.8 Å². The van der Waals surface area contributed by atoms with Crippen LogP contribution < -0.4 is 10.0 Å². The molecule has 35 heavy (non-hydrogen) atoms. The standard InChI is InChI=1S/C25H23N5O4S/c1-17(31)20-7-10-23(11-8-20)35(33,34)28-15-19-3-5-21(6-4-19)25(32)29-22-9-12-24(27-16-22)30-14-13-26-18(30)2/h3-14,16,28H,15H2,1-2H3,(H,29,32). The quantitative estimate of drug-likeness (QED) is 0.365. The fraction of sp³-hybridized carbons (Fsp3) is 0.120. The summed E-state index contributed by atoms with van der Waals surface area (Å²) in [6.07, 6.45) is 5.06. The minimum absolute atomic E-state index is 0.0533. The van der Waals surface area contributed by atoms with Crippen molar-refractivity contribution in [3.63, 3.8) is 0 Å². The lowest BCUT2D eigenvalue weighted by molar-refractivity contribution is 0.101. The van der Waals surface area contributed by atoms with Crippen LogP contribution in [-0.2, 0) is 16.6 Å². The Morgan fingerprint density at radius 1 is 0.914 bits per heavy atom. The molecule has 0 saturated heterocycles. The number of Topliss-reactive ketones (excluding diaryl/α,β-unsaturated/α-hetero) is 1. The molecule has 0 fully saturated rings. The van der Waals surface area contributed by atoms with Gasteiger partial charge in [-0.2, -0.15) is 0 Å². The number of aromatic nitrogens is 3. The van der Waals surface area contributed by atoms with Gasteiger partial charge in [-0.25, -0.2) is 23.1 Å². The van der Waals surface area contributed by atoms with Crippen LogP contribution in [0.4, 0.5) is 5.69 Å². The average molecular weight is 490 g/mol. The third kappa shape index (κ3) is 5.68. The van der Waals surface area contributed by atoms with E-state index in [4.69, 9.17) is 0 Å². The van der Waals surface area contributed by atoms with Crippen molar-refractivity contribution < 1.29 is 18.0 Å². The first-order valence-electron chi connectivity index (χ1n) is 10.7. The third-order valence-corrected chi connectivity index (χ3v) is 6.75. The molecule has 0 spiro atoms. The monoisotopic (exact) mass is 489 g/mol. The number of anilines is 1. The summed E-state index contributed by atoms with van der Waals surface area (Å²) in [4.78, 5) is 32.5. The number of imidazole rings is 1. The van der Waals surface area contributed by atoms with E-state index in [0.29, 0.717) is 28.2 Å². The normalized spacial score (nSPS) is 11.3. The highest BCUT2D eigenvalue weighted by atomic mass is 32.2. The molecule has 4 rings (SSSR count). The highest BCUT2D eigenvalue weighted by Crippen LogP contribution is 2.15. The van der Waals surface area contributed by atoms with E-state index in [9.17, 15) is 18.0 Å². The maximum atomic E-state index is 12.6. The number of aryl methyl sites for hydroxylation is 1. The number of pyridine rings is 1. The van der Waals surface area contributed by atoms with Crippen LogP contribution in [0.2, 0.25) is 0 Å². The number of nitrogens with one attached hydrogen (secondary N) is 2. The zero-order valence-electron chi connectivity index (χ0n) is 19.1. The molecule has 0 unspecified atom stereocenters. The van der Waals surface area contributed by atoms with E-state index in [0.717, 1.165) is 5.82 Å². The van der Waals surface area contributed by atoms with E-state index in [1.165, 1.54) is 31.2 Å². The van der Waals surface area contributed by atoms with E-state index in [2.05, 4.69) is 20.0 Å². The maximum absolute atomic E-state index is 12.6. The Hall–Kier alpha value is -4.15. The van der Waals surface area contributed by atoms with Gasteiger partial charge >= 0.3 is 0 Å². The number of hydrogen-bond acceptors (Lipinski definition) is 6. The number of ketones is 1. The molecule has 4 aromatic rings. The van der Waals surface area contributed by atoms with Gasteiger partial charge in [0.15, 0.2) is 5.78 Å². The molecular weight excluding hydrogens is 466 g/mol. The molecule has 9 nitrogen and oxygen atoms in total. The number of nitrogens with zero attached hydrogens (tertiary/aromatic N) is 3. The van der Waals surface area contributed by atoms with Crippen LogP contribution in [0.5, 0.6) is 0 Å². The molecule has 2 N–H and O–H groups in total. The minimum Gasteiger partial charge on any atom is -0.321 e. The van der Waals surface area contributed by atoms with E-state index in [1.54, 1.807) is 48.8 Å². The van der Waals surface area contributed by atoms with Gasteiger partial charge in [0.1, 0.15) is 11.6 Å². The second kappa shape index (κ2) is 10.00. The Morgan fingerprint density at radius 2 is 1.60 bits per heavy atom. The molecule has 0 bridgehead atoms. The molecule has 2 heterocycles. The van der Waals surface area contributed by atoms with Crippen molar-refractivity contribution in [2.24, 2.45) is 0 Å². The van der Waals surface area contributed by atoms with E-state index >= 15 is 0 Å². The number of amides is 1. The van der Waals surface area contributed by atoms with Crippen LogP contribution in [0.25, 0.3) is 5.82 Å². The maximum Gasteiger partial charge on any atom is 0.255 e. The average Bonchev–Trinajstić information content (AvgIpc) is 3.29. The first-order valence-corrected chi connectivity index (χ1v) is 12.2. The Morgan fingerprint density at radius 3 is 2.17 bits per heavy atom. The lowest BCUT2D eigenvalue weighted by Crippen LogP contribution is -2.23. The third-order valence-electron chi connectivity index (χ3n) is 5.33. The van der Waals surface area contributed by atoms with Crippen molar-refractivity contribution >= 4 is 27.4 Å². The number of carbonyl (C=O) groups is 2. The Kier molecular flexibility index (Phi) is 6.85. The zero-order chi connectivity index (χ0) is 25.0. The number of sulfonamides is 1. The first-order chi connectivity index (χ1) is 16.7. The molecule has 0 radical (unpaired) electrons. The molecule has 1 amide bonds. The topological polar surface area (TPSA) is 123 Å². The summed E-state index contributed by atoms with van der Waals surface area (Å²) in [6, 6.07) is 15.9. The van der Waals surface area contributed by atoms with Crippen molar-refractivity contribution in [3.8, 4) is 5.82 Å². The lowest BCUT2D eigenvalue weighted by atomic mass is 10.1. The van der Waals surface area contributed by atoms with Gasteiger partial charge < -0.3 is 5.32 Å². The summed E-state index contributed by atoms with van der Waals surface area (Å²) >= 11 is 0. The Labute approximate surface area is 202 Å². The van der Waals surface area contributed by atoms with Gasteiger partial charge in [0, 0.05) is 30.1 Å². The van der Waals surface area contributed by atoms with Crippen LogP contribution in [0, 0.1) is 6.92 Å². The molecule has 0 aliphatic heterocycles. The van der Waals surface area contributed by atoms with Crippen LogP contribution in [-0.4, -0.2) is 34.6 Å². The second-order valence-electron chi connectivity index (χ2n) is 7.81. The largest absolute Gasteiger partial charge is 0.321 e. The van der Waals surface area contributed by atoms with Crippen LogP contribution in [0.1, 0.15) is 39.0 Å². The number of benzene rings is 2. The first kappa shape index (κ1) is 24.0. The molecule has 178 valence electrons. The molecule has 0 atom stereocenters. The summed E-state index contributed by atoms with van der Waals surface area (Å²) in [5.74, 6) is 1.06. The van der Waals surface area contributed by atoms with Crippen LogP contribution >= 0.6 is 0 Å². The number of hydrogen-bond donors (Lipinski definition) is 2. The van der Waals surface area contributed by atoms with Gasteiger partial charge in [0.25, 0.3) is 5.91 Å². The molecular formula is C25H23N5O4S. The predicted octanol–water partition coefficient (Wildman–Crippen LogP) is 3.51. The fourth-order valence-electron chi connectivity index (χ4n) is 3.33. The second-order valence-corrected chi connectivity index (χ2v) is 9.57. The van der Waals surface area contributed by atoms with Crippen molar-refractivity contribution in [2.45, 2.75) is 25.3 Å². The van der Waals surface area contributed by atoms with Crippen LogP contribution in [0.15, 0.2) is 84.1 Å². The van der Waals surface area contributed by atoms with Crippen LogP contribution in [0.3, 0.4) is 0 Å². The molecule has 0 saturated carbocycles. The Bertz CT molecular complexity index is 1460. The van der Waals surface area contributed by atoms with Crippen molar-refractivity contribution in [1.82, 2.24) is 19.3 Å². The number of carbonyl (C=O) groups excluding carboxylic acids is 2. The highest BCUT2D eigenvalue weighted by molar-refractivity contribution is 7.89. The van der Waals surface area contributed by atoms with E-state index in [1.807, 2.05) is 17.7 Å². The van der Waals surface area contributed by atoms with E-state index < -0.39 is 10.0 Å². The zero-order valence-corrected chi connectivity index (χ0v) is 19.9. The predicted molar refractivity (Wildman–Crippen MR) is 131 cm³/mol. The van der Waals surface area contributed by atoms with E-state index in [-0.39, 0.29) is 23.1 Å². The minimum atomic E-state index is -3.74. The van der Waals surface area contributed by atoms with Gasteiger partial charge in [-0.15, -0.1) is 0 Å². The lowest BCUT2D eigenvalue weighted by Gasteiger charge is -2.09. The van der Waals surface area contributed by atoms with Gasteiger partial charge in [-0.05, 0) is 55.8 Å². The SMILES string of the molecule is CC(=O)c1ccc(S(=O)(=O)NCc2ccc(C(=O)Nc3ccc(-n4ccnc4C)nc3)cc2)cc1. The molecule has 2 aromatic heterocycles. The summed E-state index contributed by atoms with van der Waals surface area (Å²) in [5, 5.41) is 2.79. The van der Waals surface area contributed by atoms with Crippen molar-refractivity contribution in [2.75, 3.05) is 5.32 Å². The Balaban J connectivity index is 1.35. The number of rotatable bonds is 8. The molecule has 2 aromatic carbocycles. The summed E-state index contributed by atoms with van der Waals surface area (Å²) < 4.78 is 29.4. The smallest absolute Gasteiger partial charge is 0.255 e. The van der Waals surface area contributed by atoms with Gasteiger partial charge in [-0.1, -0.05) is 24.3 Å². The van der Waals surface area contributed by atoms with Gasteiger partial charge in [0.2, 0.25) is 10.0 Å². The summed E-state index contributed by atoms with van der Waals surface area (Å²) in [6.45, 7) is 3.35. The highest BCUT2D eigenvalue weighted by Gasteiger charge is 2.14. The fourth-order valence-corrected chi connectivity index (χ4v) is 4.35. The molecule has 10 heteroatoms. The summed E-state index contributed by atoms with van der Waals surface area (Å²) in [5.41, 5.74) is 2.10.